The summed E-state index contributed by atoms with van der Waals surface area (Å²) in [5, 5.41) is 9.97. The van der Waals surface area contributed by atoms with Crippen molar-refractivity contribution in [3.05, 3.63) is 30.1 Å². The average molecular weight is 467 g/mol. The zero-order valence-electron chi connectivity index (χ0n) is 18.6. The minimum Gasteiger partial charge on any atom is -0.355 e. The maximum atomic E-state index is 13.9. The highest BCUT2D eigenvalue weighted by Gasteiger charge is 2.38. The standard InChI is InChI=1S/C23H35FN4O3S/c24-19-6-1-2-7-22(19)32(30,31)28-13-9-17(10-14-28)5-3-4-11-26-23(29)21-15-18-16-25-12-8-20(18)27-21/h1-2,6-7,17-18,20-21,25,27H,3-5,8-16H2,(H,26,29). The number of halogens is 1. The predicted molar refractivity (Wildman–Crippen MR) is 121 cm³/mol. The van der Waals surface area contributed by atoms with Crippen LogP contribution in [0, 0.1) is 17.7 Å². The highest BCUT2D eigenvalue weighted by atomic mass is 32.2. The Kier molecular flexibility index (Phi) is 7.81. The Labute approximate surface area is 190 Å². The van der Waals surface area contributed by atoms with Gasteiger partial charge in [0.2, 0.25) is 15.9 Å². The summed E-state index contributed by atoms with van der Waals surface area (Å²) in [5.74, 6) is 0.462. The van der Waals surface area contributed by atoms with Gasteiger partial charge < -0.3 is 16.0 Å². The summed E-state index contributed by atoms with van der Waals surface area (Å²) in [6, 6.07) is 5.97. The quantitative estimate of drug-likeness (QED) is 0.509. The Morgan fingerprint density at radius 3 is 2.69 bits per heavy atom. The van der Waals surface area contributed by atoms with Crippen molar-refractivity contribution in [2.45, 2.75) is 61.9 Å². The summed E-state index contributed by atoms with van der Waals surface area (Å²) < 4.78 is 40.8. The SMILES string of the molecule is O=C(NCCCCC1CCN(S(=O)(=O)c2ccccc2F)CC1)C1CC2CNCCC2N1. The first-order valence-electron chi connectivity index (χ1n) is 11.9. The van der Waals surface area contributed by atoms with Gasteiger partial charge in [0.05, 0.1) is 6.04 Å². The predicted octanol–water partition coefficient (Wildman–Crippen LogP) is 1.85. The van der Waals surface area contributed by atoms with Crippen LogP contribution in [0.5, 0.6) is 0 Å². The number of nitrogens with zero attached hydrogens (tertiary/aromatic N) is 1. The molecule has 3 aliphatic rings. The number of fused-ring (bicyclic) bond motifs is 1. The van der Waals surface area contributed by atoms with Gasteiger partial charge in [0.1, 0.15) is 10.7 Å². The normalized spacial score (nSPS) is 27.2. The van der Waals surface area contributed by atoms with Crippen molar-refractivity contribution in [2.75, 3.05) is 32.7 Å². The first-order valence-corrected chi connectivity index (χ1v) is 13.4. The second-order valence-electron chi connectivity index (χ2n) is 9.38. The molecule has 7 nitrogen and oxygen atoms in total. The van der Waals surface area contributed by atoms with Gasteiger partial charge in [-0.15, -0.1) is 0 Å². The van der Waals surface area contributed by atoms with E-state index in [0.717, 1.165) is 58.0 Å². The molecule has 3 saturated heterocycles. The topological polar surface area (TPSA) is 90.5 Å². The van der Waals surface area contributed by atoms with Crippen molar-refractivity contribution in [2.24, 2.45) is 11.8 Å². The molecular formula is C23H35FN4O3S. The highest BCUT2D eigenvalue weighted by Crippen LogP contribution is 2.28. The van der Waals surface area contributed by atoms with Gasteiger partial charge in [-0.3, -0.25) is 4.79 Å². The molecule has 3 heterocycles. The smallest absolute Gasteiger partial charge is 0.245 e. The third-order valence-corrected chi connectivity index (χ3v) is 9.18. The molecule has 3 unspecified atom stereocenters. The lowest BCUT2D eigenvalue weighted by atomic mass is 9.92. The van der Waals surface area contributed by atoms with Gasteiger partial charge in [-0.05, 0) is 69.2 Å². The van der Waals surface area contributed by atoms with Crippen LogP contribution in [0.2, 0.25) is 0 Å². The monoisotopic (exact) mass is 466 g/mol. The molecule has 0 aromatic heterocycles. The van der Waals surface area contributed by atoms with Crippen LogP contribution in [0.4, 0.5) is 4.39 Å². The Bertz CT molecular complexity index is 875. The van der Waals surface area contributed by atoms with Crippen LogP contribution in [0.25, 0.3) is 0 Å². The van der Waals surface area contributed by atoms with Gasteiger partial charge in [-0.1, -0.05) is 25.0 Å². The van der Waals surface area contributed by atoms with E-state index < -0.39 is 15.8 Å². The summed E-state index contributed by atoms with van der Waals surface area (Å²) >= 11 is 0. The van der Waals surface area contributed by atoms with Crippen molar-refractivity contribution in [1.29, 1.82) is 0 Å². The molecule has 9 heteroatoms. The maximum Gasteiger partial charge on any atom is 0.245 e. The van der Waals surface area contributed by atoms with Crippen LogP contribution in [0.1, 0.15) is 44.9 Å². The lowest BCUT2D eigenvalue weighted by molar-refractivity contribution is -0.122. The molecule has 4 rings (SSSR count). The third-order valence-electron chi connectivity index (χ3n) is 7.24. The van der Waals surface area contributed by atoms with Gasteiger partial charge in [0.15, 0.2) is 0 Å². The molecular weight excluding hydrogens is 431 g/mol. The minimum absolute atomic E-state index is 0.0642. The number of carbonyl (C=O) groups is 1. The Morgan fingerprint density at radius 2 is 1.94 bits per heavy atom. The molecule has 0 bridgehead atoms. The number of carbonyl (C=O) groups excluding carboxylic acids is 1. The van der Waals surface area contributed by atoms with E-state index in [1.54, 1.807) is 6.07 Å². The first kappa shape index (κ1) is 23.6. The number of rotatable bonds is 8. The van der Waals surface area contributed by atoms with Gasteiger partial charge in [-0.2, -0.15) is 4.31 Å². The molecule has 1 aromatic carbocycles. The van der Waals surface area contributed by atoms with Crippen molar-refractivity contribution in [3.8, 4) is 0 Å². The maximum absolute atomic E-state index is 13.9. The van der Waals surface area contributed by atoms with E-state index in [-0.39, 0.29) is 16.8 Å². The number of hydrogen-bond acceptors (Lipinski definition) is 5. The van der Waals surface area contributed by atoms with E-state index in [9.17, 15) is 17.6 Å². The zero-order valence-corrected chi connectivity index (χ0v) is 19.4. The average Bonchev–Trinajstić information content (AvgIpc) is 3.24. The molecule has 3 atom stereocenters. The van der Waals surface area contributed by atoms with E-state index in [4.69, 9.17) is 0 Å². The molecule has 0 saturated carbocycles. The number of benzene rings is 1. The fourth-order valence-electron chi connectivity index (χ4n) is 5.33. The number of amides is 1. The molecule has 0 spiro atoms. The molecule has 1 amide bonds. The Morgan fingerprint density at radius 1 is 1.16 bits per heavy atom. The lowest BCUT2D eigenvalue weighted by Gasteiger charge is -2.31. The highest BCUT2D eigenvalue weighted by molar-refractivity contribution is 7.89. The van der Waals surface area contributed by atoms with Crippen molar-refractivity contribution >= 4 is 15.9 Å². The zero-order chi connectivity index (χ0) is 22.6. The van der Waals surface area contributed by atoms with Crippen molar-refractivity contribution in [1.82, 2.24) is 20.3 Å². The van der Waals surface area contributed by atoms with Gasteiger partial charge in [0, 0.05) is 25.7 Å². The van der Waals surface area contributed by atoms with E-state index in [0.29, 0.717) is 37.5 Å². The number of hydrogen-bond donors (Lipinski definition) is 3. The van der Waals surface area contributed by atoms with Gasteiger partial charge >= 0.3 is 0 Å². The fraction of sp³-hybridized carbons (Fsp3) is 0.696. The number of unbranched alkanes of at least 4 members (excludes halogenated alkanes) is 1. The molecule has 3 fully saturated rings. The van der Waals surface area contributed by atoms with E-state index in [2.05, 4.69) is 16.0 Å². The Hall–Kier alpha value is -1.55. The van der Waals surface area contributed by atoms with Crippen molar-refractivity contribution in [3.63, 3.8) is 0 Å². The van der Waals surface area contributed by atoms with Gasteiger partial charge in [0.25, 0.3) is 0 Å². The molecule has 3 aliphatic heterocycles. The van der Waals surface area contributed by atoms with E-state index in [1.807, 2.05) is 0 Å². The number of piperidine rings is 2. The first-order chi connectivity index (χ1) is 15.4. The lowest BCUT2D eigenvalue weighted by Crippen LogP contribution is -2.45. The molecule has 32 heavy (non-hydrogen) atoms. The largest absolute Gasteiger partial charge is 0.355 e. The van der Waals surface area contributed by atoms with Crippen LogP contribution >= 0.6 is 0 Å². The molecule has 1 aromatic rings. The fourth-order valence-corrected chi connectivity index (χ4v) is 6.86. The summed E-state index contributed by atoms with van der Waals surface area (Å²) in [7, 11) is -3.77. The second kappa shape index (κ2) is 10.6. The van der Waals surface area contributed by atoms with Crippen LogP contribution in [0.3, 0.4) is 0 Å². The van der Waals surface area contributed by atoms with E-state index in [1.165, 1.54) is 22.5 Å². The van der Waals surface area contributed by atoms with Crippen LogP contribution in [0.15, 0.2) is 29.2 Å². The summed E-state index contributed by atoms with van der Waals surface area (Å²) in [5.41, 5.74) is 0. The van der Waals surface area contributed by atoms with E-state index >= 15 is 0 Å². The molecule has 0 radical (unpaired) electrons. The summed E-state index contributed by atoms with van der Waals surface area (Å²) in [6.07, 6.45) is 6.57. The van der Waals surface area contributed by atoms with Gasteiger partial charge in [-0.25, -0.2) is 12.8 Å². The minimum atomic E-state index is -3.77. The number of sulfonamides is 1. The summed E-state index contributed by atoms with van der Waals surface area (Å²) in [6.45, 7) is 3.58. The van der Waals surface area contributed by atoms with Crippen LogP contribution in [-0.2, 0) is 14.8 Å². The molecule has 178 valence electrons. The second-order valence-corrected chi connectivity index (χ2v) is 11.3. The van der Waals surface area contributed by atoms with Crippen LogP contribution in [-0.4, -0.2) is 63.4 Å². The molecule has 3 N–H and O–H groups in total. The Balaban J connectivity index is 1.12. The third kappa shape index (κ3) is 5.50. The van der Waals surface area contributed by atoms with Crippen molar-refractivity contribution < 1.29 is 17.6 Å². The summed E-state index contributed by atoms with van der Waals surface area (Å²) in [4.78, 5) is 12.2. The van der Waals surface area contributed by atoms with Crippen LogP contribution < -0.4 is 16.0 Å². The number of nitrogens with one attached hydrogen (secondary N) is 3. The molecule has 0 aliphatic carbocycles.